The maximum absolute atomic E-state index is 13.5. The van der Waals surface area contributed by atoms with E-state index in [9.17, 15) is 22.7 Å². The van der Waals surface area contributed by atoms with Gasteiger partial charge in [-0.15, -0.1) is 0 Å². The van der Waals surface area contributed by atoms with E-state index in [4.69, 9.17) is 9.47 Å². The van der Waals surface area contributed by atoms with Crippen LogP contribution < -0.4 is 5.32 Å². The number of sulfonamides is 1. The highest BCUT2D eigenvalue weighted by atomic mass is 32.2. The summed E-state index contributed by atoms with van der Waals surface area (Å²) < 4.78 is 53.5. The Labute approximate surface area is 228 Å². The second-order valence-electron chi connectivity index (χ2n) is 10.6. The first-order valence-electron chi connectivity index (χ1n) is 13.5. The zero-order valence-electron chi connectivity index (χ0n) is 21.8. The van der Waals surface area contributed by atoms with Crippen molar-refractivity contribution >= 4 is 15.9 Å². The van der Waals surface area contributed by atoms with Crippen LogP contribution in [0.15, 0.2) is 59.5 Å². The average molecular weight is 562 g/mol. The van der Waals surface area contributed by atoms with Crippen LogP contribution >= 0.6 is 0 Å². The third-order valence-electron chi connectivity index (χ3n) is 7.65. The van der Waals surface area contributed by atoms with Gasteiger partial charge in [0.05, 0.1) is 48.9 Å². The van der Waals surface area contributed by atoms with Crippen LogP contribution in [0.4, 0.5) is 4.39 Å². The first-order valence-corrected chi connectivity index (χ1v) is 15.0. The number of amides is 1. The number of hydrogen-bond donors (Lipinski definition) is 2. The van der Waals surface area contributed by atoms with Crippen molar-refractivity contribution in [3.8, 4) is 0 Å². The largest absolute Gasteiger partial charge is 0.389 e. The fraction of sp³-hybridized carbons (Fsp3) is 0.536. The molecular formula is C28H36FN3O6S. The molecule has 0 radical (unpaired) electrons. The monoisotopic (exact) mass is 561 g/mol. The summed E-state index contributed by atoms with van der Waals surface area (Å²) in [6.45, 7) is 2.49. The van der Waals surface area contributed by atoms with Crippen LogP contribution in [0.3, 0.4) is 0 Å². The normalized spacial score (nSPS) is 28.8. The second-order valence-corrected chi connectivity index (χ2v) is 12.5. The lowest BCUT2D eigenvalue weighted by Crippen LogP contribution is -2.57. The van der Waals surface area contributed by atoms with E-state index in [0.717, 1.165) is 38.2 Å². The third kappa shape index (κ3) is 7.03. The molecule has 9 nitrogen and oxygen atoms in total. The molecule has 212 valence electrons. The molecule has 0 aliphatic carbocycles. The van der Waals surface area contributed by atoms with Crippen molar-refractivity contribution < 1.29 is 32.2 Å². The first kappa shape index (κ1) is 28.1. The topological polar surface area (TPSA) is 108 Å². The van der Waals surface area contributed by atoms with Gasteiger partial charge < -0.3 is 19.9 Å². The van der Waals surface area contributed by atoms with Gasteiger partial charge in [-0.2, -0.15) is 4.31 Å². The molecule has 3 fully saturated rings. The molecule has 2 aromatic carbocycles. The van der Waals surface area contributed by atoms with Crippen molar-refractivity contribution in [2.45, 2.75) is 67.5 Å². The van der Waals surface area contributed by atoms with Crippen molar-refractivity contribution in [1.82, 2.24) is 14.5 Å². The summed E-state index contributed by atoms with van der Waals surface area (Å²) in [5.74, 6) is -0.612. The standard InChI is InChI=1S/C28H36FN3O6S/c29-21-6-9-25(10-7-21)39(35,36)32-17-23(33)18-37-19-27-26(32)11-8-24(38-27)14-28(34)30-22-12-13-31(16-22)15-20-4-2-1-3-5-20/h1-7,9-10,22-24,26-27,33H,8,11-19H2,(H,30,34)/t22-,23+,24+,26-,27+/m1/s1. The lowest BCUT2D eigenvalue weighted by atomic mass is 9.96. The molecular weight excluding hydrogens is 525 g/mol. The maximum atomic E-state index is 13.5. The summed E-state index contributed by atoms with van der Waals surface area (Å²) in [5.41, 5.74) is 1.25. The highest BCUT2D eigenvalue weighted by Crippen LogP contribution is 2.31. The number of hydrogen-bond acceptors (Lipinski definition) is 7. The molecule has 1 amide bonds. The van der Waals surface area contributed by atoms with Crippen molar-refractivity contribution in [3.63, 3.8) is 0 Å². The molecule has 5 rings (SSSR count). The van der Waals surface area contributed by atoms with Gasteiger partial charge in [0.15, 0.2) is 0 Å². The Kier molecular flexibility index (Phi) is 8.95. The lowest BCUT2D eigenvalue weighted by molar-refractivity contribution is -0.146. The third-order valence-corrected chi connectivity index (χ3v) is 9.56. The lowest BCUT2D eigenvalue weighted by Gasteiger charge is -2.43. The SMILES string of the molecule is O=C(C[C@@H]1CC[C@@H]2[C@H](COC[C@@H](O)CN2S(=O)(=O)c2ccc(F)cc2)O1)N[C@@H]1CCN(Cc2ccccc2)C1. The summed E-state index contributed by atoms with van der Waals surface area (Å²) in [6.07, 6.45) is 0.0617. The maximum Gasteiger partial charge on any atom is 0.243 e. The summed E-state index contributed by atoms with van der Waals surface area (Å²) in [7, 11) is -4.02. The van der Waals surface area contributed by atoms with E-state index >= 15 is 0 Å². The molecule has 0 bridgehead atoms. The second kappa shape index (κ2) is 12.4. The number of rotatable bonds is 7. The number of β-amino-alcohol motifs (C(OH)–C–C–N with tert-alkyl or cyclic N) is 1. The molecule has 0 spiro atoms. The Morgan fingerprint density at radius 3 is 2.56 bits per heavy atom. The summed E-state index contributed by atoms with van der Waals surface area (Å²) in [5, 5.41) is 13.5. The minimum atomic E-state index is -4.02. The number of halogens is 1. The van der Waals surface area contributed by atoms with E-state index in [2.05, 4.69) is 22.3 Å². The molecule has 0 aromatic heterocycles. The predicted molar refractivity (Wildman–Crippen MR) is 142 cm³/mol. The van der Waals surface area contributed by atoms with Gasteiger partial charge in [0.25, 0.3) is 0 Å². The number of carbonyl (C=O) groups excluding carboxylic acids is 1. The quantitative estimate of drug-likeness (QED) is 0.532. The van der Waals surface area contributed by atoms with Gasteiger partial charge in [-0.1, -0.05) is 30.3 Å². The Morgan fingerprint density at radius 1 is 1.03 bits per heavy atom. The molecule has 39 heavy (non-hydrogen) atoms. The molecule has 3 aliphatic heterocycles. The van der Waals surface area contributed by atoms with E-state index in [1.165, 1.54) is 22.0 Å². The van der Waals surface area contributed by atoms with Gasteiger partial charge in [0, 0.05) is 32.2 Å². The van der Waals surface area contributed by atoms with Crippen LogP contribution in [-0.2, 0) is 30.8 Å². The van der Waals surface area contributed by atoms with Gasteiger partial charge in [0.1, 0.15) is 5.82 Å². The zero-order valence-corrected chi connectivity index (χ0v) is 22.6. The summed E-state index contributed by atoms with van der Waals surface area (Å²) in [6, 6.07) is 14.4. The molecule has 0 unspecified atom stereocenters. The van der Waals surface area contributed by atoms with Crippen LogP contribution in [0, 0.1) is 5.82 Å². The van der Waals surface area contributed by atoms with Crippen LogP contribution in [0.2, 0.25) is 0 Å². The van der Waals surface area contributed by atoms with Crippen LogP contribution in [-0.4, -0.2) is 91.9 Å². The van der Waals surface area contributed by atoms with Gasteiger partial charge in [-0.05, 0) is 49.1 Å². The number of nitrogens with one attached hydrogen (secondary N) is 1. The molecule has 5 atom stereocenters. The van der Waals surface area contributed by atoms with Crippen LogP contribution in [0.1, 0.15) is 31.2 Å². The Bertz CT molecular complexity index is 1220. The number of aliphatic hydroxyl groups excluding tert-OH is 1. The smallest absolute Gasteiger partial charge is 0.243 e. The van der Waals surface area contributed by atoms with E-state index in [-0.39, 0.29) is 49.1 Å². The van der Waals surface area contributed by atoms with Crippen LogP contribution in [0.5, 0.6) is 0 Å². The molecule has 3 saturated heterocycles. The number of benzene rings is 2. The van der Waals surface area contributed by atoms with Gasteiger partial charge in [0.2, 0.25) is 15.9 Å². The Hall–Kier alpha value is -2.41. The van der Waals surface area contributed by atoms with Gasteiger partial charge >= 0.3 is 0 Å². The average Bonchev–Trinajstić information content (AvgIpc) is 3.33. The number of likely N-dealkylation sites (tertiary alicyclic amines) is 1. The number of nitrogens with zero attached hydrogens (tertiary/aromatic N) is 2. The van der Waals surface area contributed by atoms with E-state index in [0.29, 0.717) is 12.8 Å². The number of ether oxygens (including phenoxy) is 2. The molecule has 0 saturated carbocycles. The molecule has 11 heteroatoms. The Morgan fingerprint density at radius 2 is 1.79 bits per heavy atom. The fourth-order valence-electron chi connectivity index (χ4n) is 5.74. The van der Waals surface area contributed by atoms with Gasteiger partial charge in [-0.25, -0.2) is 12.8 Å². The van der Waals surface area contributed by atoms with Crippen molar-refractivity contribution in [2.24, 2.45) is 0 Å². The summed E-state index contributed by atoms with van der Waals surface area (Å²) in [4.78, 5) is 15.2. The highest BCUT2D eigenvalue weighted by Gasteiger charge is 2.43. The first-order chi connectivity index (χ1) is 18.8. The molecule has 2 aromatic rings. The molecule has 3 aliphatic rings. The summed E-state index contributed by atoms with van der Waals surface area (Å²) >= 11 is 0. The highest BCUT2D eigenvalue weighted by molar-refractivity contribution is 7.89. The van der Waals surface area contributed by atoms with E-state index in [1.54, 1.807) is 0 Å². The number of aliphatic hydroxyl groups is 1. The van der Waals surface area contributed by atoms with Crippen LogP contribution in [0.25, 0.3) is 0 Å². The van der Waals surface area contributed by atoms with Crippen molar-refractivity contribution in [3.05, 3.63) is 66.0 Å². The van der Waals surface area contributed by atoms with Crippen molar-refractivity contribution in [1.29, 1.82) is 0 Å². The molecule has 2 N–H and O–H groups in total. The number of fused-ring (bicyclic) bond motifs is 1. The Balaban J connectivity index is 1.18. The van der Waals surface area contributed by atoms with Gasteiger partial charge in [-0.3, -0.25) is 9.69 Å². The minimum Gasteiger partial charge on any atom is -0.389 e. The van der Waals surface area contributed by atoms with E-state index in [1.807, 2.05) is 18.2 Å². The fourth-order valence-corrected chi connectivity index (χ4v) is 7.46. The molecule has 3 heterocycles. The zero-order chi connectivity index (χ0) is 27.4. The number of carbonyl (C=O) groups is 1. The van der Waals surface area contributed by atoms with Crippen molar-refractivity contribution in [2.75, 3.05) is 32.8 Å². The van der Waals surface area contributed by atoms with E-state index < -0.39 is 34.1 Å². The predicted octanol–water partition coefficient (Wildman–Crippen LogP) is 1.90. The minimum absolute atomic E-state index is 0.0334.